The van der Waals surface area contributed by atoms with Crippen molar-refractivity contribution >= 4 is 5.91 Å². The van der Waals surface area contributed by atoms with E-state index in [0.717, 1.165) is 22.1 Å². The number of amides is 1. The Morgan fingerprint density at radius 2 is 1.96 bits per heavy atom. The van der Waals surface area contributed by atoms with Crippen molar-refractivity contribution in [1.29, 1.82) is 0 Å². The van der Waals surface area contributed by atoms with Gasteiger partial charge in [-0.1, -0.05) is 5.16 Å². The Balaban J connectivity index is 1.58. The van der Waals surface area contributed by atoms with Crippen molar-refractivity contribution in [2.24, 2.45) is 0 Å². The highest BCUT2D eigenvalue weighted by atomic mass is 19.4. The van der Waals surface area contributed by atoms with Gasteiger partial charge in [-0.05, 0) is 19.1 Å². The molecule has 146 valence electrons. The second-order valence-corrected chi connectivity index (χ2v) is 6.44. The number of piperazine rings is 1. The van der Waals surface area contributed by atoms with E-state index in [-0.39, 0.29) is 5.91 Å². The van der Waals surface area contributed by atoms with Crippen molar-refractivity contribution in [2.75, 3.05) is 26.2 Å². The molecule has 1 amide bonds. The Morgan fingerprint density at radius 1 is 1.26 bits per heavy atom. The molecule has 2 aromatic rings. The van der Waals surface area contributed by atoms with Gasteiger partial charge in [-0.2, -0.15) is 13.2 Å². The zero-order valence-electron chi connectivity index (χ0n) is 14.7. The maximum atomic E-state index is 12.8. The summed E-state index contributed by atoms with van der Waals surface area (Å²) in [4.78, 5) is 28.0. The molecule has 0 saturated carbocycles. The predicted octanol–water partition coefficient (Wildman–Crippen LogP) is 1.51. The van der Waals surface area contributed by atoms with Gasteiger partial charge in [0.15, 0.2) is 5.76 Å². The first-order valence-electron chi connectivity index (χ1n) is 8.43. The molecule has 0 spiro atoms. The minimum absolute atomic E-state index is 0.383. The molecule has 0 bridgehead atoms. The third-order valence-electron chi connectivity index (χ3n) is 4.41. The van der Waals surface area contributed by atoms with E-state index in [2.05, 4.69) is 10.1 Å². The number of hydrogen-bond acceptors (Lipinski definition) is 5. The lowest BCUT2D eigenvalue weighted by atomic mass is 10.2. The van der Waals surface area contributed by atoms with Gasteiger partial charge in [-0.3, -0.25) is 14.5 Å². The maximum Gasteiger partial charge on any atom is 0.421 e. The Hall–Kier alpha value is -2.62. The average Bonchev–Trinajstić information content (AvgIpc) is 3.01. The number of pyridine rings is 1. The Labute approximate surface area is 153 Å². The Bertz CT molecular complexity index is 867. The van der Waals surface area contributed by atoms with Crippen LogP contribution < -0.4 is 5.56 Å². The minimum atomic E-state index is -4.74. The highest BCUT2D eigenvalue weighted by Crippen LogP contribution is 2.26. The van der Waals surface area contributed by atoms with Crippen LogP contribution in [-0.2, 0) is 24.1 Å². The molecular formula is C17H19F3N4O3. The molecule has 0 radical (unpaired) electrons. The van der Waals surface area contributed by atoms with Crippen molar-refractivity contribution in [3.05, 3.63) is 51.8 Å². The number of rotatable bonds is 4. The van der Waals surface area contributed by atoms with Crippen LogP contribution in [0.2, 0.25) is 0 Å². The minimum Gasteiger partial charge on any atom is -0.360 e. The summed E-state index contributed by atoms with van der Waals surface area (Å²) in [5.74, 6) is 0.356. The summed E-state index contributed by atoms with van der Waals surface area (Å²) in [6.07, 6.45) is -3.55. The molecule has 1 fully saturated rings. The molecule has 3 rings (SSSR count). The quantitative estimate of drug-likeness (QED) is 0.799. The van der Waals surface area contributed by atoms with Gasteiger partial charge < -0.3 is 14.0 Å². The van der Waals surface area contributed by atoms with Gasteiger partial charge in [0.1, 0.15) is 12.1 Å². The molecule has 2 aromatic heterocycles. The number of halogens is 3. The average molecular weight is 384 g/mol. The van der Waals surface area contributed by atoms with Crippen molar-refractivity contribution in [1.82, 2.24) is 19.5 Å². The number of alkyl halides is 3. The normalized spacial score (nSPS) is 15.9. The number of aryl methyl sites for hydroxylation is 1. The van der Waals surface area contributed by atoms with E-state index in [4.69, 9.17) is 4.52 Å². The molecule has 1 aliphatic rings. The molecule has 27 heavy (non-hydrogen) atoms. The fourth-order valence-corrected chi connectivity index (χ4v) is 2.99. The van der Waals surface area contributed by atoms with E-state index in [9.17, 15) is 22.8 Å². The summed E-state index contributed by atoms with van der Waals surface area (Å²) < 4.78 is 44.4. The lowest BCUT2D eigenvalue weighted by Gasteiger charge is -2.34. The first-order valence-corrected chi connectivity index (χ1v) is 8.43. The Kier molecular flexibility index (Phi) is 5.36. The van der Waals surface area contributed by atoms with Gasteiger partial charge >= 0.3 is 6.18 Å². The van der Waals surface area contributed by atoms with Crippen LogP contribution in [0.5, 0.6) is 0 Å². The summed E-state index contributed by atoms with van der Waals surface area (Å²) in [7, 11) is 0. The molecule has 1 saturated heterocycles. The first kappa shape index (κ1) is 19.2. The smallest absolute Gasteiger partial charge is 0.360 e. The third-order valence-corrected chi connectivity index (χ3v) is 4.41. The van der Waals surface area contributed by atoms with E-state index in [0.29, 0.717) is 38.8 Å². The summed E-state index contributed by atoms with van der Waals surface area (Å²) in [5.41, 5.74) is -1.69. The number of aromatic nitrogens is 2. The fraction of sp³-hybridized carbons (Fsp3) is 0.471. The molecule has 0 atom stereocenters. The van der Waals surface area contributed by atoms with E-state index in [1.54, 1.807) is 4.90 Å². The summed E-state index contributed by atoms with van der Waals surface area (Å²) >= 11 is 0. The molecule has 7 nitrogen and oxygen atoms in total. The topological polar surface area (TPSA) is 71.6 Å². The van der Waals surface area contributed by atoms with Gasteiger partial charge in [-0.25, -0.2) is 0 Å². The van der Waals surface area contributed by atoms with Crippen LogP contribution in [0.3, 0.4) is 0 Å². The van der Waals surface area contributed by atoms with Crippen LogP contribution in [0.4, 0.5) is 13.2 Å². The summed E-state index contributed by atoms with van der Waals surface area (Å²) in [5, 5.41) is 3.83. The lowest BCUT2D eigenvalue weighted by Crippen LogP contribution is -2.49. The fourth-order valence-electron chi connectivity index (χ4n) is 2.99. The van der Waals surface area contributed by atoms with Gasteiger partial charge in [0.25, 0.3) is 5.56 Å². The molecule has 1 aliphatic heterocycles. The second kappa shape index (κ2) is 7.55. The van der Waals surface area contributed by atoms with Crippen LogP contribution in [-0.4, -0.2) is 51.6 Å². The molecule has 10 heteroatoms. The van der Waals surface area contributed by atoms with Gasteiger partial charge in [0.05, 0.1) is 12.2 Å². The highest BCUT2D eigenvalue weighted by Gasteiger charge is 2.34. The molecule has 0 unspecified atom stereocenters. The number of carbonyl (C=O) groups is 1. The van der Waals surface area contributed by atoms with Gasteiger partial charge in [-0.15, -0.1) is 0 Å². The van der Waals surface area contributed by atoms with Crippen LogP contribution in [0.25, 0.3) is 0 Å². The molecular weight excluding hydrogens is 365 g/mol. The largest absolute Gasteiger partial charge is 0.421 e. The van der Waals surface area contributed by atoms with Crippen molar-refractivity contribution < 1.29 is 22.5 Å². The van der Waals surface area contributed by atoms with Crippen LogP contribution in [0.15, 0.2) is 33.7 Å². The second-order valence-electron chi connectivity index (χ2n) is 6.44. The molecule has 0 aromatic carbocycles. The van der Waals surface area contributed by atoms with Crippen molar-refractivity contribution in [3.8, 4) is 0 Å². The summed E-state index contributed by atoms with van der Waals surface area (Å²) in [6.45, 7) is 4.06. The van der Waals surface area contributed by atoms with E-state index < -0.39 is 23.8 Å². The predicted molar refractivity (Wildman–Crippen MR) is 88.8 cm³/mol. The maximum absolute atomic E-state index is 12.8. The number of carbonyl (C=O) groups excluding carboxylic acids is 1. The van der Waals surface area contributed by atoms with Crippen molar-refractivity contribution in [2.45, 2.75) is 26.2 Å². The SMILES string of the molecule is Cc1cc(CN2CCN(C(=O)Cn3cccc(C(F)(F)F)c3=O)CC2)on1. The van der Waals surface area contributed by atoms with Crippen LogP contribution >= 0.6 is 0 Å². The van der Waals surface area contributed by atoms with E-state index in [1.807, 2.05) is 13.0 Å². The zero-order valence-corrected chi connectivity index (χ0v) is 14.7. The summed E-state index contributed by atoms with van der Waals surface area (Å²) in [6, 6.07) is 3.68. The van der Waals surface area contributed by atoms with Crippen molar-refractivity contribution in [3.63, 3.8) is 0 Å². The molecule has 3 heterocycles. The first-order chi connectivity index (χ1) is 12.7. The molecule has 0 aliphatic carbocycles. The van der Waals surface area contributed by atoms with Crippen LogP contribution in [0.1, 0.15) is 17.0 Å². The molecule has 0 N–H and O–H groups in total. The third kappa shape index (κ3) is 4.57. The standard InChI is InChI=1S/C17H19F3N4O3/c1-12-9-13(27-21-12)10-22-5-7-23(8-6-22)15(25)11-24-4-2-3-14(16(24)26)17(18,19)20/h2-4,9H,5-8,10-11H2,1H3. The number of hydrogen-bond donors (Lipinski definition) is 0. The zero-order chi connectivity index (χ0) is 19.6. The monoisotopic (exact) mass is 384 g/mol. The van der Waals surface area contributed by atoms with Crippen LogP contribution in [0, 0.1) is 6.92 Å². The van der Waals surface area contributed by atoms with E-state index in [1.165, 1.54) is 6.20 Å². The highest BCUT2D eigenvalue weighted by molar-refractivity contribution is 5.76. The van der Waals surface area contributed by atoms with Gasteiger partial charge in [0, 0.05) is 38.4 Å². The van der Waals surface area contributed by atoms with Gasteiger partial charge in [0.2, 0.25) is 5.91 Å². The lowest BCUT2D eigenvalue weighted by molar-refractivity contribution is -0.140. The van der Waals surface area contributed by atoms with E-state index >= 15 is 0 Å². The number of nitrogens with zero attached hydrogens (tertiary/aromatic N) is 4. The Morgan fingerprint density at radius 3 is 2.56 bits per heavy atom.